The number of esters is 1. The number of hydrogen-bond acceptors (Lipinski definition) is 4. The fourth-order valence-corrected chi connectivity index (χ4v) is 1.29. The van der Waals surface area contributed by atoms with E-state index >= 15 is 0 Å². The average Bonchev–Trinajstić information content (AvgIpc) is 2.47. The average molecular weight is 281 g/mol. The van der Waals surface area contributed by atoms with E-state index in [0.717, 1.165) is 13.0 Å². The number of pyridine rings is 1. The first-order valence-corrected chi connectivity index (χ1v) is 6.94. The number of carboxylic acid groups (broad SMARTS) is 1. The number of aromatic nitrogens is 1. The first kappa shape index (κ1) is 18.1. The first-order chi connectivity index (χ1) is 9.61. The lowest BCUT2D eigenvalue weighted by Crippen LogP contribution is -2.33. The van der Waals surface area contributed by atoms with Gasteiger partial charge in [0.15, 0.2) is 18.4 Å². The summed E-state index contributed by atoms with van der Waals surface area (Å²) in [7, 11) is 0. The second-order valence-electron chi connectivity index (χ2n) is 4.24. The van der Waals surface area contributed by atoms with E-state index in [1.165, 1.54) is 12.8 Å². The van der Waals surface area contributed by atoms with Crippen LogP contribution in [0.15, 0.2) is 30.6 Å². The molecule has 20 heavy (non-hydrogen) atoms. The summed E-state index contributed by atoms with van der Waals surface area (Å²) in [6, 6.07) is 6.17. The Morgan fingerprint density at radius 2 is 1.65 bits per heavy atom. The van der Waals surface area contributed by atoms with Crippen LogP contribution < -0.4 is 9.67 Å². The number of aliphatic carboxylic acids is 1. The molecule has 0 radical (unpaired) electrons. The van der Waals surface area contributed by atoms with Crippen LogP contribution in [0.25, 0.3) is 0 Å². The van der Waals surface area contributed by atoms with Gasteiger partial charge in [-0.2, -0.15) is 0 Å². The summed E-state index contributed by atoms with van der Waals surface area (Å²) in [6.07, 6.45) is 8.29. The highest BCUT2D eigenvalue weighted by atomic mass is 16.6. The number of ether oxygens (including phenoxy) is 1. The highest BCUT2D eigenvalue weighted by Crippen LogP contribution is 1.87. The van der Waals surface area contributed by atoms with Gasteiger partial charge in [-0.15, -0.1) is 0 Å². The van der Waals surface area contributed by atoms with Crippen molar-refractivity contribution in [2.75, 3.05) is 6.61 Å². The molecule has 0 unspecified atom stereocenters. The van der Waals surface area contributed by atoms with E-state index < -0.39 is 11.9 Å². The Labute approximate surface area is 120 Å². The molecule has 0 atom stereocenters. The van der Waals surface area contributed by atoms with E-state index in [-0.39, 0.29) is 6.61 Å². The lowest BCUT2D eigenvalue weighted by molar-refractivity contribution is -0.697. The Morgan fingerprint density at radius 3 is 2.15 bits per heavy atom. The SMILES string of the molecule is CCCCOC(=O)C(=O)[O-].CCCC[n+]1ccccc1. The normalized spacial score (nSPS) is 9.30. The first-order valence-electron chi connectivity index (χ1n) is 6.94. The smallest absolute Gasteiger partial charge is 0.354 e. The summed E-state index contributed by atoms with van der Waals surface area (Å²) in [4.78, 5) is 19.8. The largest absolute Gasteiger partial charge is 0.539 e. The Balaban J connectivity index is 0.000000361. The Bertz CT molecular complexity index is 379. The summed E-state index contributed by atoms with van der Waals surface area (Å²) < 4.78 is 6.45. The molecular weight excluding hydrogens is 258 g/mol. The minimum atomic E-state index is -1.78. The molecular formula is C15H23NO4. The van der Waals surface area contributed by atoms with Crippen molar-refractivity contribution in [3.8, 4) is 0 Å². The van der Waals surface area contributed by atoms with Gasteiger partial charge in [-0.25, -0.2) is 9.36 Å². The molecule has 0 spiro atoms. The predicted molar refractivity (Wildman–Crippen MR) is 72.4 cm³/mol. The Hall–Kier alpha value is -1.91. The maximum atomic E-state index is 10.1. The van der Waals surface area contributed by atoms with Gasteiger partial charge in [-0.1, -0.05) is 32.8 Å². The molecule has 0 aliphatic heterocycles. The van der Waals surface area contributed by atoms with Crippen LogP contribution in [0.1, 0.15) is 39.5 Å². The number of carbonyl (C=O) groups excluding carboxylic acids is 2. The van der Waals surface area contributed by atoms with Gasteiger partial charge < -0.3 is 14.6 Å². The quantitative estimate of drug-likeness (QED) is 0.335. The molecule has 5 heteroatoms. The van der Waals surface area contributed by atoms with Gasteiger partial charge in [0.1, 0.15) is 6.54 Å². The van der Waals surface area contributed by atoms with Crippen molar-refractivity contribution in [1.82, 2.24) is 0 Å². The number of carbonyl (C=O) groups is 2. The van der Waals surface area contributed by atoms with E-state index in [1.807, 2.05) is 13.0 Å². The number of carboxylic acids is 1. The van der Waals surface area contributed by atoms with Crippen LogP contribution in [-0.4, -0.2) is 18.5 Å². The molecule has 0 aliphatic carbocycles. The van der Waals surface area contributed by atoms with Crippen LogP contribution in [0.5, 0.6) is 0 Å². The number of nitrogens with zero attached hydrogens (tertiary/aromatic N) is 1. The van der Waals surface area contributed by atoms with E-state index in [1.54, 1.807) is 0 Å². The molecule has 5 nitrogen and oxygen atoms in total. The third-order valence-corrected chi connectivity index (χ3v) is 2.44. The minimum absolute atomic E-state index is 0.156. The molecule has 0 N–H and O–H groups in total. The van der Waals surface area contributed by atoms with Crippen LogP contribution in [0.2, 0.25) is 0 Å². The van der Waals surface area contributed by atoms with Crippen molar-refractivity contribution in [2.45, 2.75) is 46.1 Å². The molecule has 0 saturated heterocycles. The molecule has 0 saturated carbocycles. The summed E-state index contributed by atoms with van der Waals surface area (Å²) in [6.45, 7) is 5.43. The second kappa shape index (κ2) is 12.1. The van der Waals surface area contributed by atoms with Crippen molar-refractivity contribution < 1.29 is 24.0 Å². The lowest BCUT2D eigenvalue weighted by atomic mass is 10.3. The zero-order chi connectivity index (χ0) is 15.2. The van der Waals surface area contributed by atoms with E-state index in [9.17, 15) is 14.7 Å². The fourth-order valence-electron chi connectivity index (χ4n) is 1.29. The predicted octanol–water partition coefficient (Wildman–Crippen LogP) is 0.854. The van der Waals surface area contributed by atoms with Crippen LogP contribution >= 0.6 is 0 Å². The van der Waals surface area contributed by atoms with E-state index in [4.69, 9.17) is 0 Å². The summed E-state index contributed by atoms with van der Waals surface area (Å²) in [5.74, 6) is -3.07. The van der Waals surface area contributed by atoms with Crippen molar-refractivity contribution in [3.63, 3.8) is 0 Å². The zero-order valence-electron chi connectivity index (χ0n) is 12.2. The van der Waals surface area contributed by atoms with Gasteiger partial charge in [0.2, 0.25) is 0 Å². The minimum Gasteiger partial charge on any atom is -0.539 e. The molecule has 0 aliphatic rings. The second-order valence-corrected chi connectivity index (χ2v) is 4.24. The molecule has 112 valence electrons. The van der Waals surface area contributed by atoms with E-state index in [0.29, 0.717) is 6.42 Å². The molecule has 1 rings (SSSR count). The van der Waals surface area contributed by atoms with Gasteiger partial charge in [0.25, 0.3) is 0 Å². The van der Waals surface area contributed by atoms with Gasteiger partial charge in [-0.3, -0.25) is 0 Å². The molecule has 0 amide bonds. The van der Waals surface area contributed by atoms with Gasteiger partial charge >= 0.3 is 5.97 Å². The monoisotopic (exact) mass is 281 g/mol. The highest BCUT2D eigenvalue weighted by molar-refractivity contribution is 6.27. The zero-order valence-corrected chi connectivity index (χ0v) is 12.2. The van der Waals surface area contributed by atoms with Crippen molar-refractivity contribution in [1.29, 1.82) is 0 Å². The third-order valence-electron chi connectivity index (χ3n) is 2.44. The third kappa shape index (κ3) is 10.1. The van der Waals surface area contributed by atoms with Gasteiger partial charge in [0.05, 0.1) is 6.61 Å². The van der Waals surface area contributed by atoms with Gasteiger partial charge in [-0.05, 0) is 6.42 Å². The summed E-state index contributed by atoms with van der Waals surface area (Å²) in [5, 5.41) is 9.71. The molecule has 1 aromatic heterocycles. The topological polar surface area (TPSA) is 70.3 Å². The summed E-state index contributed by atoms with van der Waals surface area (Å²) >= 11 is 0. The molecule has 1 aromatic rings. The number of rotatable bonds is 6. The highest BCUT2D eigenvalue weighted by Gasteiger charge is 2.00. The number of aryl methyl sites for hydroxylation is 1. The van der Waals surface area contributed by atoms with Crippen molar-refractivity contribution in [2.24, 2.45) is 0 Å². The molecule has 1 heterocycles. The number of unbranched alkanes of at least 4 members (excludes halogenated alkanes) is 2. The molecule has 0 aromatic carbocycles. The number of hydrogen-bond donors (Lipinski definition) is 0. The van der Waals surface area contributed by atoms with Crippen LogP contribution in [0.3, 0.4) is 0 Å². The van der Waals surface area contributed by atoms with Crippen LogP contribution in [-0.2, 0) is 20.9 Å². The van der Waals surface area contributed by atoms with Crippen LogP contribution in [0.4, 0.5) is 0 Å². The Morgan fingerprint density at radius 1 is 1.05 bits per heavy atom. The lowest BCUT2D eigenvalue weighted by Gasteiger charge is -2.02. The molecule has 0 bridgehead atoms. The van der Waals surface area contributed by atoms with Crippen LogP contribution in [0, 0.1) is 0 Å². The fraction of sp³-hybridized carbons (Fsp3) is 0.533. The van der Waals surface area contributed by atoms with Gasteiger partial charge in [0, 0.05) is 18.6 Å². The summed E-state index contributed by atoms with van der Waals surface area (Å²) in [5.41, 5.74) is 0. The van der Waals surface area contributed by atoms with E-state index in [2.05, 4.69) is 40.8 Å². The maximum absolute atomic E-state index is 10.1. The van der Waals surface area contributed by atoms with Crippen molar-refractivity contribution >= 4 is 11.9 Å². The van der Waals surface area contributed by atoms with Crippen molar-refractivity contribution in [3.05, 3.63) is 30.6 Å². The maximum Gasteiger partial charge on any atom is 0.354 e. The standard InChI is InChI=1S/C9H14N.C6H10O4/c1-2-3-7-10-8-5-4-6-9-10;1-2-3-4-10-6(9)5(7)8/h4-6,8-9H,2-3,7H2,1H3;2-4H2,1H3,(H,7,8)/q+1;/p-1. The Kier molecular flexibility index (Phi) is 11.0. The molecule has 0 fully saturated rings.